The number of benzene rings is 1. The number of aliphatic hydroxyl groups is 1. The van der Waals surface area contributed by atoms with Crippen molar-refractivity contribution in [2.24, 2.45) is 0 Å². The van der Waals surface area contributed by atoms with Crippen LogP contribution in [0, 0.1) is 5.82 Å². The molecule has 1 fully saturated rings. The third kappa shape index (κ3) is 3.23. The SMILES string of the molecule is O[C@@H](CN(Cc1ccno1)C1CC1)c1ccc(F)cc1. The smallest absolute Gasteiger partial charge is 0.150 e. The summed E-state index contributed by atoms with van der Waals surface area (Å²) < 4.78 is 18.0. The zero-order chi connectivity index (χ0) is 13.9. The lowest BCUT2D eigenvalue weighted by molar-refractivity contribution is 0.0983. The topological polar surface area (TPSA) is 49.5 Å². The van der Waals surface area contributed by atoms with E-state index in [4.69, 9.17) is 4.52 Å². The molecule has 2 aromatic rings. The van der Waals surface area contributed by atoms with Gasteiger partial charge in [0.25, 0.3) is 0 Å². The fourth-order valence-electron chi connectivity index (χ4n) is 2.32. The van der Waals surface area contributed by atoms with E-state index in [9.17, 15) is 9.50 Å². The molecule has 1 atom stereocenters. The van der Waals surface area contributed by atoms with Crippen molar-refractivity contribution in [2.75, 3.05) is 6.54 Å². The number of aliphatic hydroxyl groups excluding tert-OH is 1. The largest absolute Gasteiger partial charge is 0.387 e. The second-order valence-electron chi connectivity index (χ2n) is 5.21. The fraction of sp³-hybridized carbons (Fsp3) is 0.400. The molecular formula is C15H17FN2O2. The van der Waals surface area contributed by atoms with E-state index >= 15 is 0 Å². The quantitative estimate of drug-likeness (QED) is 0.880. The first kappa shape index (κ1) is 13.3. The molecule has 1 N–H and O–H groups in total. The fourth-order valence-corrected chi connectivity index (χ4v) is 2.32. The van der Waals surface area contributed by atoms with Crippen LogP contribution in [0.25, 0.3) is 0 Å². The standard InChI is InChI=1S/C15H17FN2O2/c16-12-3-1-11(2-4-12)15(19)10-18(13-5-6-13)9-14-7-8-17-20-14/h1-4,7-8,13,15,19H,5-6,9-10H2/t15-/m0/s1. The third-order valence-corrected chi connectivity index (χ3v) is 3.58. The highest BCUT2D eigenvalue weighted by Gasteiger charge is 2.31. The predicted octanol–water partition coefficient (Wildman–Crippen LogP) is 2.51. The Morgan fingerprint density at radius 2 is 2.05 bits per heavy atom. The van der Waals surface area contributed by atoms with E-state index in [1.807, 2.05) is 6.07 Å². The van der Waals surface area contributed by atoms with E-state index in [1.165, 1.54) is 12.1 Å². The Morgan fingerprint density at radius 3 is 2.65 bits per heavy atom. The maximum absolute atomic E-state index is 12.9. The van der Waals surface area contributed by atoms with E-state index in [2.05, 4.69) is 10.1 Å². The van der Waals surface area contributed by atoms with Gasteiger partial charge in [-0.3, -0.25) is 4.90 Å². The van der Waals surface area contributed by atoms with Gasteiger partial charge >= 0.3 is 0 Å². The summed E-state index contributed by atoms with van der Waals surface area (Å²) in [7, 11) is 0. The molecule has 0 unspecified atom stereocenters. The number of nitrogens with zero attached hydrogens (tertiary/aromatic N) is 2. The third-order valence-electron chi connectivity index (χ3n) is 3.58. The molecule has 1 saturated carbocycles. The molecule has 0 saturated heterocycles. The zero-order valence-corrected chi connectivity index (χ0v) is 11.1. The maximum atomic E-state index is 12.9. The van der Waals surface area contributed by atoms with Gasteiger partial charge in [0, 0.05) is 18.7 Å². The van der Waals surface area contributed by atoms with Gasteiger partial charge < -0.3 is 9.63 Å². The van der Waals surface area contributed by atoms with Crippen molar-refractivity contribution in [3.8, 4) is 0 Å². The molecule has 4 nitrogen and oxygen atoms in total. The molecule has 106 valence electrons. The molecule has 20 heavy (non-hydrogen) atoms. The van der Waals surface area contributed by atoms with Gasteiger partial charge in [-0.25, -0.2) is 4.39 Å². The van der Waals surface area contributed by atoms with Gasteiger partial charge in [-0.1, -0.05) is 17.3 Å². The van der Waals surface area contributed by atoms with Gasteiger partial charge in [-0.05, 0) is 30.5 Å². The molecule has 5 heteroatoms. The Hall–Kier alpha value is -1.72. The predicted molar refractivity (Wildman–Crippen MR) is 71.3 cm³/mol. The van der Waals surface area contributed by atoms with Crippen molar-refractivity contribution in [1.82, 2.24) is 10.1 Å². The highest BCUT2D eigenvalue weighted by atomic mass is 19.1. The molecule has 0 spiro atoms. The Labute approximate surface area is 116 Å². The number of hydrogen-bond acceptors (Lipinski definition) is 4. The van der Waals surface area contributed by atoms with E-state index < -0.39 is 6.10 Å². The molecule has 0 amide bonds. The summed E-state index contributed by atoms with van der Waals surface area (Å²) in [4.78, 5) is 2.19. The summed E-state index contributed by atoms with van der Waals surface area (Å²) in [6.45, 7) is 1.15. The summed E-state index contributed by atoms with van der Waals surface area (Å²) in [5, 5.41) is 14.0. The zero-order valence-electron chi connectivity index (χ0n) is 11.1. The summed E-state index contributed by atoms with van der Waals surface area (Å²) in [6, 6.07) is 8.32. The minimum Gasteiger partial charge on any atom is -0.387 e. The van der Waals surface area contributed by atoms with E-state index in [0.29, 0.717) is 19.1 Å². The Bertz CT molecular complexity index is 538. The van der Waals surface area contributed by atoms with Crippen LogP contribution in [0.5, 0.6) is 0 Å². The highest BCUT2D eigenvalue weighted by Crippen LogP contribution is 2.30. The van der Waals surface area contributed by atoms with Crippen LogP contribution in [0.3, 0.4) is 0 Å². The summed E-state index contributed by atoms with van der Waals surface area (Å²) in [5.74, 6) is 0.505. The highest BCUT2D eigenvalue weighted by molar-refractivity contribution is 5.19. The van der Waals surface area contributed by atoms with Gasteiger partial charge in [-0.15, -0.1) is 0 Å². The number of halogens is 1. The summed E-state index contributed by atoms with van der Waals surface area (Å²) >= 11 is 0. The number of rotatable bonds is 6. The van der Waals surface area contributed by atoms with E-state index in [-0.39, 0.29) is 5.82 Å². The average molecular weight is 276 g/mol. The van der Waals surface area contributed by atoms with Crippen molar-refractivity contribution in [3.05, 3.63) is 53.7 Å². The molecular weight excluding hydrogens is 259 g/mol. The minimum absolute atomic E-state index is 0.290. The number of aromatic nitrogens is 1. The lowest BCUT2D eigenvalue weighted by atomic mass is 10.1. The van der Waals surface area contributed by atoms with Crippen LogP contribution in [-0.2, 0) is 6.54 Å². The van der Waals surface area contributed by atoms with Crippen LogP contribution in [0.1, 0.15) is 30.3 Å². The number of hydrogen-bond donors (Lipinski definition) is 1. The normalized spacial score (nSPS) is 16.6. The summed E-state index contributed by atoms with van der Waals surface area (Å²) in [5.41, 5.74) is 0.731. The van der Waals surface area contributed by atoms with Gasteiger partial charge in [0.05, 0.1) is 18.8 Å². The molecule has 0 radical (unpaired) electrons. The van der Waals surface area contributed by atoms with Crippen molar-refractivity contribution in [3.63, 3.8) is 0 Å². The monoisotopic (exact) mass is 276 g/mol. The van der Waals surface area contributed by atoms with Gasteiger partial charge in [0.1, 0.15) is 5.82 Å². The van der Waals surface area contributed by atoms with Gasteiger partial charge in [-0.2, -0.15) is 0 Å². The van der Waals surface area contributed by atoms with Crippen molar-refractivity contribution in [2.45, 2.75) is 31.5 Å². The summed E-state index contributed by atoms with van der Waals surface area (Å²) in [6.07, 6.45) is 3.28. The lowest BCUT2D eigenvalue weighted by Gasteiger charge is -2.24. The first-order valence-corrected chi connectivity index (χ1v) is 6.79. The Balaban J connectivity index is 1.65. The average Bonchev–Trinajstić information content (AvgIpc) is 3.17. The molecule has 1 heterocycles. The molecule has 0 bridgehead atoms. The first-order chi connectivity index (χ1) is 9.72. The van der Waals surface area contributed by atoms with Gasteiger partial charge in [0.2, 0.25) is 0 Å². The van der Waals surface area contributed by atoms with Crippen LogP contribution in [0.15, 0.2) is 41.1 Å². The second-order valence-corrected chi connectivity index (χ2v) is 5.21. The van der Waals surface area contributed by atoms with Crippen LogP contribution in [-0.4, -0.2) is 27.7 Å². The van der Waals surface area contributed by atoms with Crippen LogP contribution >= 0.6 is 0 Å². The minimum atomic E-state index is -0.626. The van der Waals surface area contributed by atoms with Crippen LogP contribution in [0.2, 0.25) is 0 Å². The van der Waals surface area contributed by atoms with Crippen molar-refractivity contribution in [1.29, 1.82) is 0 Å². The first-order valence-electron chi connectivity index (χ1n) is 6.79. The van der Waals surface area contributed by atoms with Gasteiger partial charge in [0.15, 0.2) is 5.76 Å². The van der Waals surface area contributed by atoms with E-state index in [0.717, 1.165) is 24.2 Å². The molecule has 1 aliphatic rings. The molecule has 1 aromatic heterocycles. The molecule has 3 rings (SSSR count). The molecule has 1 aromatic carbocycles. The van der Waals surface area contributed by atoms with Crippen LogP contribution in [0.4, 0.5) is 4.39 Å². The lowest BCUT2D eigenvalue weighted by Crippen LogP contribution is -2.30. The van der Waals surface area contributed by atoms with Crippen LogP contribution < -0.4 is 0 Å². The van der Waals surface area contributed by atoms with E-state index in [1.54, 1.807) is 18.3 Å². The molecule has 1 aliphatic carbocycles. The Kier molecular flexibility index (Phi) is 3.80. The Morgan fingerprint density at radius 1 is 1.30 bits per heavy atom. The second kappa shape index (κ2) is 5.73. The maximum Gasteiger partial charge on any atom is 0.150 e. The van der Waals surface area contributed by atoms with Crippen molar-refractivity contribution < 1.29 is 14.0 Å². The molecule has 0 aliphatic heterocycles. The van der Waals surface area contributed by atoms with Crippen molar-refractivity contribution >= 4 is 0 Å².